The van der Waals surface area contributed by atoms with Crippen LogP contribution in [0.5, 0.6) is 0 Å². The minimum Gasteiger partial charge on any atom is -0.379 e. The fraction of sp³-hybridized carbons (Fsp3) is 0.636. The zero-order valence-corrected chi connectivity index (χ0v) is 10.7. The molecule has 0 spiro atoms. The number of nitrogens with one attached hydrogen (secondary N) is 1. The van der Waals surface area contributed by atoms with Gasteiger partial charge in [0, 0.05) is 32.2 Å². The van der Waals surface area contributed by atoms with Crippen molar-refractivity contribution >= 4 is 17.4 Å². The molecular weight excluding hydrogens is 240 g/mol. The van der Waals surface area contributed by atoms with E-state index in [9.17, 15) is 0 Å². The lowest BCUT2D eigenvalue weighted by Crippen LogP contribution is -2.39. The van der Waals surface area contributed by atoms with Crippen LogP contribution < -0.4 is 5.32 Å². The van der Waals surface area contributed by atoms with E-state index in [1.807, 2.05) is 6.92 Å². The third-order valence-electron chi connectivity index (χ3n) is 2.64. The SMILES string of the molecule is Cc1nc(Cl)cc(NCCN2CCOCC2)n1. The molecule has 94 valence electrons. The molecule has 2 rings (SSSR count). The van der Waals surface area contributed by atoms with Crippen molar-refractivity contribution in [2.45, 2.75) is 6.92 Å². The van der Waals surface area contributed by atoms with E-state index in [1.54, 1.807) is 6.07 Å². The molecule has 1 aromatic heterocycles. The quantitative estimate of drug-likeness (QED) is 0.820. The summed E-state index contributed by atoms with van der Waals surface area (Å²) in [6.07, 6.45) is 0. The Labute approximate surface area is 106 Å². The number of aryl methyl sites for hydroxylation is 1. The van der Waals surface area contributed by atoms with Crippen molar-refractivity contribution in [1.82, 2.24) is 14.9 Å². The van der Waals surface area contributed by atoms with Crippen molar-refractivity contribution in [2.24, 2.45) is 0 Å². The van der Waals surface area contributed by atoms with E-state index in [4.69, 9.17) is 16.3 Å². The highest BCUT2D eigenvalue weighted by molar-refractivity contribution is 6.29. The number of halogens is 1. The molecule has 0 amide bonds. The number of nitrogens with zero attached hydrogens (tertiary/aromatic N) is 3. The van der Waals surface area contributed by atoms with E-state index in [0.717, 1.165) is 45.2 Å². The number of ether oxygens (including phenoxy) is 1. The highest BCUT2D eigenvalue weighted by Crippen LogP contribution is 2.10. The van der Waals surface area contributed by atoms with Gasteiger partial charge < -0.3 is 10.1 Å². The summed E-state index contributed by atoms with van der Waals surface area (Å²) in [6, 6.07) is 1.74. The van der Waals surface area contributed by atoms with Crippen LogP contribution in [-0.2, 0) is 4.74 Å². The predicted octanol–water partition coefficient (Wildman–Crippen LogP) is 1.18. The van der Waals surface area contributed by atoms with Crippen LogP contribution in [0.15, 0.2) is 6.07 Å². The molecule has 6 heteroatoms. The molecule has 1 N–H and O–H groups in total. The summed E-state index contributed by atoms with van der Waals surface area (Å²) in [7, 11) is 0. The molecule has 0 aliphatic carbocycles. The predicted molar refractivity (Wildman–Crippen MR) is 67.5 cm³/mol. The van der Waals surface area contributed by atoms with Crippen LogP contribution in [0.25, 0.3) is 0 Å². The molecule has 1 aliphatic rings. The first kappa shape index (κ1) is 12.5. The Hall–Kier alpha value is -0.910. The van der Waals surface area contributed by atoms with Gasteiger partial charge in [0.05, 0.1) is 13.2 Å². The lowest BCUT2D eigenvalue weighted by molar-refractivity contribution is 0.0398. The zero-order valence-electron chi connectivity index (χ0n) is 9.95. The molecule has 0 unspecified atom stereocenters. The third-order valence-corrected chi connectivity index (χ3v) is 2.84. The van der Waals surface area contributed by atoms with Crippen molar-refractivity contribution in [2.75, 3.05) is 44.7 Å². The van der Waals surface area contributed by atoms with Gasteiger partial charge in [0.25, 0.3) is 0 Å². The molecular formula is C11H17ClN4O. The summed E-state index contributed by atoms with van der Waals surface area (Å²) in [6.45, 7) is 7.35. The normalized spacial score (nSPS) is 17.1. The monoisotopic (exact) mass is 256 g/mol. The van der Waals surface area contributed by atoms with E-state index >= 15 is 0 Å². The smallest absolute Gasteiger partial charge is 0.134 e. The number of morpholine rings is 1. The van der Waals surface area contributed by atoms with Gasteiger partial charge in [-0.1, -0.05) is 11.6 Å². The van der Waals surface area contributed by atoms with Gasteiger partial charge in [-0.15, -0.1) is 0 Å². The van der Waals surface area contributed by atoms with Gasteiger partial charge in [0.1, 0.15) is 16.8 Å². The van der Waals surface area contributed by atoms with Crippen LogP contribution in [-0.4, -0.2) is 54.3 Å². The van der Waals surface area contributed by atoms with E-state index in [0.29, 0.717) is 11.0 Å². The molecule has 0 radical (unpaired) electrons. The second kappa shape index (κ2) is 6.14. The summed E-state index contributed by atoms with van der Waals surface area (Å²) in [5.74, 6) is 1.47. The Morgan fingerprint density at radius 1 is 1.41 bits per heavy atom. The van der Waals surface area contributed by atoms with Crippen molar-refractivity contribution in [3.63, 3.8) is 0 Å². The topological polar surface area (TPSA) is 50.3 Å². The van der Waals surface area contributed by atoms with E-state index < -0.39 is 0 Å². The number of anilines is 1. The molecule has 0 saturated carbocycles. The zero-order chi connectivity index (χ0) is 12.1. The van der Waals surface area contributed by atoms with Crippen LogP contribution in [0, 0.1) is 6.92 Å². The fourth-order valence-corrected chi connectivity index (χ4v) is 2.01. The van der Waals surface area contributed by atoms with Crippen LogP contribution in [0.3, 0.4) is 0 Å². The average molecular weight is 257 g/mol. The fourth-order valence-electron chi connectivity index (χ4n) is 1.79. The molecule has 0 bridgehead atoms. The minimum absolute atomic E-state index is 0.478. The molecule has 1 aliphatic heterocycles. The summed E-state index contributed by atoms with van der Waals surface area (Å²) < 4.78 is 5.30. The lowest BCUT2D eigenvalue weighted by Gasteiger charge is -2.26. The minimum atomic E-state index is 0.478. The standard InChI is InChI=1S/C11H17ClN4O/c1-9-14-10(12)8-11(15-9)13-2-3-16-4-6-17-7-5-16/h8H,2-7H2,1H3,(H,13,14,15). The maximum atomic E-state index is 5.86. The lowest BCUT2D eigenvalue weighted by atomic mass is 10.4. The maximum absolute atomic E-state index is 5.86. The summed E-state index contributed by atoms with van der Waals surface area (Å²) >= 11 is 5.86. The highest BCUT2D eigenvalue weighted by atomic mass is 35.5. The molecule has 1 saturated heterocycles. The second-order valence-electron chi connectivity index (χ2n) is 4.00. The molecule has 0 aromatic carbocycles. The second-order valence-corrected chi connectivity index (χ2v) is 4.39. The van der Waals surface area contributed by atoms with Crippen LogP contribution in [0.2, 0.25) is 5.15 Å². The number of aromatic nitrogens is 2. The van der Waals surface area contributed by atoms with Crippen molar-refractivity contribution in [3.8, 4) is 0 Å². The summed E-state index contributed by atoms with van der Waals surface area (Å²) in [4.78, 5) is 10.7. The first-order valence-corrected chi connectivity index (χ1v) is 6.17. The maximum Gasteiger partial charge on any atom is 0.134 e. The highest BCUT2D eigenvalue weighted by Gasteiger charge is 2.09. The molecule has 0 atom stereocenters. The van der Waals surface area contributed by atoms with Gasteiger partial charge in [-0.2, -0.15) is 0 Å². The Morgan fingerprint density at radius 2 is 2.18 bits per heavy atom. The Kier molecular flexibility index (Phi) is 4.53. The first-order chi connectivity index (χ1) is 8.24. The van der Waals surface area contributed by atoms with Gasteiger partial charge in [-0.05, 0) is 6.92 Å². The van der Waals surface area contributed by atoms with Crippen LogP contribution in [0.4, 0.5) is 5.82 Å². The number of hydrogen-bond donors (Lipinski definition) is 1. The molecule has 5 nitrogen and oxygen atoms in total. The first-order valence-electron chi connectivity index (χ1n) is 5.79. The van der Waals surface area contributed by atoms with Crippen LogP contribution in [0.1, 0.15) is 5.82 Å². The average Bonchev–Trinajstić information content (AvgIpc) is 2.29. The van der Waals surface area contributed by atoms with E-state index in [2.05, 4.69) is 20.2 Å². The molecule has 1 fully saturated rings. The van der Waals surface area contributed by atoms with Crippen molar-refractivity contribution in [1.29, 1.82) is 0 Å². The number of hydrogen-bond acceptors (Lipinski definition) is 5. The third kappa shape index (κ3) is 4.11. The Morgan fingerprint density at radius 3 is 2.88 bits per heavy atom. The van der Waals surface area contributed by atoms with Gasteiger partial charge in [0.15, 0.2) is 0 Å². The van der Waals surface area contributed by atoms with Gasteiger partial charge >= 0.3 is 0 Å². The van der Waals surface area contributed by atoms with Gasteiger partial charge in [-0.3, -0.25) is 4.90 Å². The van der Waals surface area contributed by atoms with Crippen molar-refractivity contribution < 1.29 is 4.74 Å². The largest absolute Gasteiger partial charge is 0.379 e. The molecule has 1 aromatic rings. The number of rotatable bonds is 4. The molecule has 17 heavy (non-hydrogen) atoms. The summed E-state index contributed by atoms with van der Waals surface area (Å²) in [5, 5.41) is 3.73. The van der Waals surface area contributed by atoms with Gasteiger partial charge in [-0.25, -0.2) is 9.97 Å². The van der Waals surface area contributed by atoms with Crippen LogP contribution >= 0.6 is 11.6 Å². The Bertz CT molecular complexity index is 348. The van der Waals surface area contributed by atoms with E-state index in [-0.39, 0.29) is 0 Å². The Balaban J connectivity index is 1.77. The van der Waals surface area contributed by atoms with Crippen molar-refractivity contribution in [3.05, 3.63) is 17.0 Å². The molecule has 2 heterocycles. The van der Waals surface area contributed by atoms with Gasteiger partial charge in [0.2, 0.25) is 0 Å². The summed E-state index contributed by atoms with van der Waals surface area (Å²) in [5.41, 5.74) is 0. The van der Waals surface area contributed by atoms with E-state index in [1.165, 1.54) is 0 Å².